The van der Waals surface area contributed by atoms with E-state index in [1.54, 1.807) is 4.68 Å². The lowest BCUT2D eigenvalue weighted by molar-refractivity contribution is -0.120. The van der Waals surface area contributed by atoms with Gasteiger partial charge < -0.3 is 5.32 Å². The van der Waals surface area contributed by atoms with Gasteiger partial charge in [-0.2, -0.15) is 0 Å². The lowest BCUT2D eigenvalue weighted by Gasteiger charge is -2.24. The molecule has 1 aliphatic heterocycles. The van der Waals surface area contributed by atoms with Crippen molar-refractivity contribution < 1.29 is 4.79 Å². The summed E-state index contributed by atoms with van der Waals surface area (Å²) in [5.41, 5.74) is 1.59. The summed E-state index contributed by atoms with van der Waals surface area (Å²) >= 11 is 0. The summed E-state index contributed by atoms with van der Waals surface area (Å²) in [4.78, 5) is 15.0. The van der Waals surface area contributed by atoms with Crippen molar-refractivity contribution in [2.45, 2.75) is 39.2 Å². The van der Waals surface area contributed by atoms with Gasteiger partial charge in [-0.05, 0) is 66.9 Å². The average molecular weight is 328 g/mol. The highest BCUT2D eigenvalue weighted by Crippen LogP contribution is 2.21. The van der Waals surface area contributed by atoms with E-state index in [9.17, 15) is 4.79 Å². The van der Waals surface area contributed by atoms with Gasteiger partial charge >= 0.3 is 0 Å². The van der Waals surface area contributed by atoms with E-state index in [0.717, 1.165) is 43.7 Å². The van der Waals surface area contributed by atoms with Gasteiger partial charge in [-0.1, -0.05) is 19.9 Å². The Balaban J connectivity index is 1.65. The Morgan fingerprint density at radius 3 is 3.04 bits per heavy atom. The van der Waals surface area contributed by atoms with E-state index in [1.807, 2.05) is 24.3 Å². The monoisotopic (exact) mass is 328 g/mol. The fourth-order valence-electron chi connectivity index (χ4n) is 3.05. The molecule has 24 heavy (non-hydrogen) atoms. The van der Waals surface area contributed by atoms with E-state index in [0.29, 0.717) is 5.92 Å². The van der Waals surface area contributed by atoms with Gasteiger partial charge in [0.25, 0.3) is 0 Å². The fraction of sp³-hybridized carbons (Fsp3) is 0.529. The first-order valence-corrected chi connectivity index (χ1v) is 8.52. The third-order valence-corrected chi connectivity index (χ3v) is 4.39. The maximum absolute atomic E-state index is 12.7. The van der Waals surface area contributed by atoms with Crippen molar-refractivity contribution in [3.63, 3.8) is 0 Å². The van der Waals surface area contributed by atoms with Crippen LogP contribution in [0.1, 0.15) is 33.1 Å². The number of aromatic nitrogens is 4. The van der Waals surface area contributed by atoms with Crippen molar-refractivity contribution in [3.05, 3.63) is 30.6 Å². The molecule has 3 rings (SSSR count). The first kappa shape index (κ1) is 16.6. The summed E-state index contributed by atoms with van der Waals surface area (Å²) in [5.74, 6) is 0.729. The second-order valence-electron chi connectivity index (χ2n) is 6.67. The normalized spacial score (nSPS) is 18.2. The highest BCUT2D eigenvalue weighted by atomic mass is 16.2. The Morgan fingerprint density at radius 1 is 1.42 bits per heavy atom. The molecule has 0 bridgehead atoms. The number of hydrogen-bond acceptors (Lipinski definition) is 5. The Bertz CT molecular complexity index is 669. The molecule has 7 heteroatoms. The summed E-state index contributed by atoms with van der Waals surface area (Å²) in [5, 5.41) is 14.2. The number of tetrazole rings is 1. The Morgan fingerprint density at radius 2 is 2.29 bits per heavy atom. The highest BCUT2D eigenvalue weighted by molar-refractivity contribution is 5.95. The topological polar surface area (TPSA) is 75.9 Å². The molecule has 0 unspecified atom stereocenters. The fourth-order valence-corrected chi connectivity index (χ4v) is 3.05. The summed E-state index contributed by atoms with van der Waals surface area (Å²) < 4.78 is 1.57. The predicted octanol–water partition coefficient (Wildman–Crippen LogP) is 2.11. The van der Waals surface area contributed by atoms with Gasteiger partial charge in [0.1, 0.15) is 6.33 Å². The summed E-state index contributed by atoms with van der Waals surface area (Å²) in [6, 6.07) is 7.52. The maximum atomic E-state index is 12.7. The quantitative estimate of drug-likeness (QED) is 0.879. The minimum Gasteiger partial charge on any atom is -0.325 e. The van der Waals surface area contributed by atoms with Gasteiger partial charge in [0.05, 0.1) is 11.7 Å². The highest BCUT2D eigenvalue weighted by Gasteiger charge is 2.30. The van der Waals surface area contributed by atoms with E-state index in [4.69, 9.17) is 0 Å². The Kier molecular flexibility index (Phi) is 5.20. The molecule has 1 atom stereocenters. The Labute approximate surface area is 142 Å². The molecule has 1 N–H and O–H groups in total. The summed E-state index contributed by atoms with van der Waals surface area (Å²) in [7, 11) is 0. The van der Waals surface area contributed by atoms with Crippen LogP contribution in [-0.4, -0.2) is 50.1 Å². The zero-order chi connectivity index (χ0) is 16.9. The zero-order valence-corrected chi connectivity index (χ0v) is 14.2. The molecular formula is C17H24N6O. The van der Waals surface area contributed by atoms with Gasteiger partial charge in [0, 0.05) is 5.69 Å². The van der Waals surface area contributed by atoms with E-state index >= 15 is 0 Å². The molecular weight excluding hydrogens is 304 g/mol. The van der Waals surface area contributed by atoms with Crippen LogP contribution in [0.25, 0.3) is 5.69 Å². The molecule has 1 fully saturated rings. The number of hydrogen-bond donors (Lipinski definition) is 1. The number of likely N-dealkylation sites (tertiary alicyclic amines) is 1. The SMILES string of the molecule is CC(C)CCN1CCC[C@@H]1C(=O)Nc1cccc(-n2cnnn2)c1. The molecule has 1 aliphatic rings. The summed E-state index contributed by atoms with van der Waals surface area (Å²) in [6.45, 7) is 6.43. The Hall–Kier alpha value is -2.28. The smallest absolute Gasteiger partial charge is 0.241 e. The molecule has 0 radical (unpaired) electrons. The van der Waals surface area contributed by atoms with E-state index in [-0.39, 0.29) is 11.9 Å². The lowest BCUT2D eigenvalue weighted by Crippen LogP contribution is -2.40. The third-order valence-electron chi connectivity index (χ3n) is 4.39. The van der Waals surface area contributed by atoms with Crippen LogP contribution in [0.2, 0.25) is 0 Å². The largest absolute Gasteiger partial charge is 0.325 e. The second kappa shape index (κ2) is 7.53. The maximum Gasteiger partial charge on any atom is 0.241 e. The van der Waals surface area contributed by atoms with Gasteiger partial charge in [-0.25, -0.2) is 4.68 Å². The zero-order valence-electron chi connectivity index (χ0n) is 14.2. The molecule has 1 saturated heterocycles. The van der Waals surface area contributed by atoms with E-state index < -0.39 is 0 Å². The van der Waals surface area contributed by atoms with Crippen molar-refractivity contribution in [1.29, 1.82) is 0 Å². The van der Waals surface area contributed by atoms with E-state index in [1.165, 1.54) is 6.33 Å². The second-order valence-corrected chi connectivity index (χ2v) is 6.67. The van der Waals surface area contributed by atoms with Crippen LogP contribution >= 0.6 is 0 Å². The third kappa shape index (κ3) is 3.97. The van der Waals surface area contributed by atoms with Crippen molar-refractivity contribution in [2.75, 3.05) is 18.4 Å². The number of carbonyl (C=O) groups is 1. The van der Waals surface area contributed by atoms with E-state index in [2.05, 4.69) is 39.6 Å². The minimum absolute atomic E-state index is 0.0274. The number of nitrogens with one attached hydrogen (secondary N) is 1. The average Bonchev–Trinajstić information content (AvgIpc) is 3.24. The summed E-state index contributed by atoms with van der Waals surface area (Å²) in [6.07, 6.45) is 4.67. The minimum atomic E-state index is -0.0274. The van der Waals surface area contributed by atoms with Crippen LogP contribution in [0.15, 0.2) is 30.6 Å². The molecule has 7 nitrogen and oxygen atoms in total. The molecule has 0 spiro atoms. The first-order chi connectivity index (χ1) is 11.6. The molecule has 2 heterocycles. The van der Waals surface area contributed by atoms with Crippen LogP contribution in [0.3, 0.4) is 0 Å². The van der Waals surface area contributed by atoms with Crippen LogP contribution < -0.4 is 5.32 Å². The number of amides is 1. The number of carbonyl (C=O) groups excluding carboxylic acids is 1. The van der Waals surface area contributed by atoms with Gasteiger partial charge in [0.15, 0.2) is 0 Å². The van der Waals surface area contributed by atoms with Crippen LogP contribution in [-0.2, 0) is 4.79 Å². The van der Waals surface area contributed by atoms with Gasteiger partial charge in [-0.3, -0.25) is 9.69 Å². The molecule has 1 amide bonds. The number of anilines is 1. The molecule has 0 saturated carbocycles. The van der Waals surface area contributed by atoms with Crippen molar-refractivity contribution >= 4 is 11.6 Å². The van der Waals surface area contributed by atoms with Crippen LogP contribution in [0.4, 0.5) is 5.69 Å². The molecule has 1 aromatic carbocycles. The number of benzene rings is 1. The van der Waals surface area contributed by atoms with Crippen LogP contribution in [0.5, 0.6) is 0 Å². The number of nitrogens with zero attached hydrogens (tertiary/aromatic N) is 5. The standard InChI is InChI=1S/C17H24N6O/c1-13(2)8-10-22-9-4-7-16(22)17(24)19-14-5-3-6-15(11-14)23-12-18-20-21-23/h3,5-6,11-13,16H,4,7-10H2,1-2H3,(H,19,24)/t16-/m1/s1. The lowest BCUT2D eigenvalue weighted by atomic mass is 10.1. The number of rotatable bonds is 6. The molecule has 0 aliphatic carbocycles. The van der Waals surface area contributed by atoms with Crippen molar-refractivity contribution in [1.82, 2.24) is 25.1 Å². The van der Waals surface area contributed by atoms with Crippen molar-refractivity contribution in [3.8, 4) is 5.69 Å². The van der Waals surface area contributed by atoms with Crippen molar-refractivity contribution in [2.24, 2.45) is 5.92 Å². The first-order valence-electron chi connectivity index (χ1n) is 8.52. The van der Waals surface area contributed by atoms with Gasteiger partial charge in [-0.15, -0.1) is 5.10 Å². The van der Waals surface area contributed by atoms with Gasteiger partial charge in [0.2, 0.25) is 5.91 Å². The molecule has 128 valence electrons. The van der Waals surface area contributed by atoms with Crippen LogP contribution in [0, 0.1) is 5.92 Å². The molecule has 1 aromatic heterocycles. The predicted molar refractivity (Wildman–Crippen MR) is 91.8 cm³/mol. The molecule has 2 aromatic rings.